The molecule has 4 aromatic rings. The van der Waals surface area contributed by atoms with Crippen molar-refractivity contribution in [2.75, 3.05) is 177 Å². The number of fused-ring (bicyclic) bond motifs is 3. The van der Waals surface area contributed by atoms with Crippen molar-refractivity contribution in [2.24, 2.45) is 0 Å². The van der Waals surface area contributed by atoms with Crippen LogP contribution in [0, 0.1) is 0 Å². The van der Waals surface area contributed by atoms with Gasteiger partial charge in [-0.25, -0.2) is 19.3 Å². The first-order chi connectivity index (χ1) is 40.8. The van der Waals surface area contributed by atoms with E-state index < -0.39 is 23.3 Å². The van der Waals surface area contributed by atoms with Gasteiger partial charge in [-0.3, -0.25) is 19.3 Å². The summed E-state index contributed by atoms with van der Waals surface area (Å²) in [6.07, 6.45) is 2.70. The van der Waals surface area contributed by atoms with Crippen LogP contribution in [0.1, 0.15) is 41.9 Å². The van der Waals surface area contributed by atoms with E-state index in [1.165, 1.54) is 11.3 Å². The number of benzene rings is 2. The Bertz CT molecular complexity index is 2590. The molecule has 2 aromatic carbocycles. The van der Waals surface area contributed by atoms with Crippen molar-refractivity contribution in [2.45, 2.75) is 56.5 Å². The highest BCUT2D eigenvalue weighted by Gasteiger charge is 2.64. The highest BCUT2D eigenvalue weighted by Crippen LogP contribution is 2.46. The number of hydrogen-bond donors (Lipinski definition) is 1. The summed E-state index contributed by atoms with van der Waals surface area (Å²) in [5.41, 5.74) is 2.64. The van der Waals surface area contributed by atoms with E-state index in [9.17, 15) is 24.0 Å². The zero-order valence-electron chi connectivity index (χ0n) is 46.8. The number of carbonyl (C=O) groups is 5. The van der Waals surface area contributed by atoms with E-state index >= 15 is 0 Å². The zero-order valence-corrected chi connectivity index (χ0v) is 47.6. The van der Waals surface area contributed by atoms with Gasteiger partial charge in [0.2, 0.25) is 0 Å². The van der Waals surface area contributed by atoms with Crippen LogP contribution in [0.5, 0.6) is 0 Å². The summed E-state index contributed by atoms with van der Waals surface area (Å²) in [5.74, 6) is -1.85. The number of thiazole rings is 1. The molecule has 27 nitrogen and oxygen atoms in total. The summed E-state index contributed by atoms with van der Waals surface area (Å²) >= 11 is 1.36. The number of para-hydroxylation sites is 1. The van der Waals surface area contributed by atoms with Gasteiger partial charge in [-0.15, -0.1) is 21.5 Å². The number of urea groups is 1. The molecule has 2 atom stereocenters. The number of ether oxygens (including phenoxy) is 13. The minimum Gasteiger partial charge on any atom is -0.378 e. The van der Waals surface area contributed by atoms with Gasteiger partial charge in [-0.1, -0.05) is 29.5 Å². The lowest BCUT2D eigenvalue weighted by molar-refractivity contribution is -0.198. The number of imide groups is 1. The van der Waals surface area contributed by atoms with Crippen LogP contribution in [0.3, 0.4) is 0 Å². The summed E-state index contributed by atoms with van der Waals surface area (Å²) in [7, 11) is 0. The normalized spacial score (nSPS) is 17.5. The number of hydrogen-bond acceptors (Lipinski definition) is 23. The minimum atomic E-state index is -0.706. The number of aromatic nitrogens is 4. The summed E-state index contributed by atoms with van der Waals surface area (Å²) in [5, 5.41) is 12.8. The Kier molecular flexibility index (Phi) is 26.6. The molecule has 0 saturated carbocycles. The average Bonchev–Trinajstić information content (AvgIpc) is 1.89. The second-order valence-corrected chi connectivity index (χ2v) is 20.3. The van der Waals surface area contributed by atoms with Gasteiger partial charge in [0.15, 0.2) is 11.2 Å². The molecule has 1 spiro atoms. The molecule has 4 fully saturated rings. The maximum atomic E-state index is 13.7. The number of anilines is 1. The van der Waals surface area contributed by atoms with Crippen LogP contribution in [-0.4, -0.2) is 249 Å². The molecule has 4 saturated heterocycles. The number of likely N-dealkylation sites (tertiary alicyclic amines) is 1. The molecule has 83 heavy (non-hydrogen) atoms. The molecule has 0 bridgehead atoms. The first-order valence-electron chi connectivity index (χ1n) is 28.2. The van der Waals surface area contributed by atoms with Crippen LogP contribution < -0.4 is 10.2 Å². The van der Waals surface area contributed by atoms with Gasteiger partial charge in [0.25, 0.3) is 17.7 Å². The largest absolute Gasteiger partial charge is 0.378 e. The third kappa shape index (κ3) is 20.5. The van der Waals surface area contributed by atoms with E-state index in [4.69, 9.17) is 66.4 Å². The molecular formula is C55H76N8O19S. The molecule has 0 aliphatic carbocycles. The Balaban J connectivity index is 0.520. The van der Waals surface area contributed by atoms with Crippen molar-refractivity contribution < 1.29 is 90.4 Å². The van der Waals surface area contributed by atoms with Gasteiger partial charge in [0.1, 0.15) is 11.8 Å². The fraction of sp³-hybridized carbons (Fsp3) is 0.636. The monoisotopic (exact) mass is 1180 g/mol. The minimum absolute atomic E-state index is 0.0507. The van der Waals surface area contributed by atoms with Gasteiger partial charge >= 0.3 is 12.0 Å². The Hall–Kier alpha value is -5.70. The fourth-order valence-corrected chi connectivity index (χ4v) is 10.00. The van der Waals surface area contributed by atoms with Crippen LogP contribution >= 0.6 is 11.3 Å². The lowest BCUT2D eigenvalue weighted by atomic mass is 9.82. The van der Waals surface area contributed by atoms with E-state index in [1.54, 1.807) is 9.58 Å². The first kappa shape index (κ1) is 63.3. The first-order valence-corrected chi connectivity index (χ1v) is 29.0. The van der Waals surface area contributed by atoms with Gasteiger partial charge in [0.05, 0.1) is 193 Å². The molecule has 5 amide bonds. The lowest BCUT2D eigenvalue weighted by Crippen LogP contribution is -2.66. The van der Waals surface area contributed by atoms with E-state index in [1.807, 2.05) is 59.6 Å². The topological polar surface area (TPSA) is 283 Å². The quantitative estimate of drug-likeness (QED) is 0.0379. The summed E-state index contributed by atoms with van der Waals surface area (Å²) in [6, 6.07) is 15.2. The van der Waals surface area contributed by atoms with Crippen LogP contribution in [0.25, 0.3) is 21.5 Å². The number of nitrogens with one attached hydrogen (secondary N) is 1. The fourth-order valence-electron chi connectivity index (χ4n) is 9.03. The van der Waals surface area contributed by atoms with Crippen LogP contribution in [0.15, 0.2) is 54.7 Å². The standard InChI is InChI=1S/C55H76N8O19S/c64-47-8-9-48(65)63(47)82-49(66)10-16-69-18-20-71-22-24-73-26-28-75-30-32-77-34-36-79-38-39-80-37-35-78-33-31-76-29-27-74-25-23-72-21-19-70-17-15-61-41-45(58-59-61)42-6-7-44-46(40-42)83-51(56-44)52(67)60-13-11-55(12-14-60)50-53(81-50)62(54(68)57-55)43-4-2-1-3-5-43/h1-7,40-41,50,53H,8-39H2,(H,57,68). The highest BCUT2D eigenvalue weighted by atomic mass is 32.1. The number of hydroxylamine groups is 2. The number of carbonyl (C=O) groups excluding carboxylic acids is 5. The van der Waals surface area contributed by atoms with E-state index in [2.05, 4.69) is 20.6 Å². The van der Waals surface area contributed by atoms with Crippen molar-refractivity contribution in [1.82, 2.24) is 35.3 Å². The second-order valence-electron chi connectivity index (χ2n) is 19.2. The maximum absolute atomic E-state index is 13.7. The average molecular weight is 1190 g/mol. The maximum Gasteiger partial charge on any atom is 0.335 e. The Morgan fingerprint density at radius 3 is 1.60 bits per heavy atom. The van der Waals surface area contributed by atoms with Gasteiger partial charge in [0, 0.05) is 37.2 Å². The van der Waals surface area contributed by atoms with Crippen LogP contribution in [0.4, 0.5) is 10.5 Å². The lowest BCUT2D eigenvalue weighted by Gasteiger charge is -2.44. The Morgan fingerprint density at radius 1 is 0.614 bits per heavy atom. The molecule has 2 aromatic heterocycles. The molecule has 6 heterocycles. The smallest absolute Gasteiger partial charge is 0.335 e. The van der Waals surface area contributed by atoms with Crippen LogP contribution in [-0.2, 0) is 87.3 Å². The SMILES string of the molecule is O=C(CCOCCOCCOCCOCCOCCOCCOCCOCCOCCOCCOCCOCCn1cc(-c2ccc3nc(C(=O)N4CCC5(CC4)NC(=O)N(c4ccccc4)C4OC45)sc3c2)nn1)ON1C(=O)CCC1=O. The molecular weight excluding hydrogens is 1110 g/mol. The number of piperidine rings is 1. The molecule has 2 unspecified atom stereocenters. The zero-order chi connectivity index (χ0) is 57.7. The second kappa shape index (κ2) is 34.9. The Labute approximate surface area is 485 Å². The number of amides is 5. The molecule has 1 N–H and O–H groups in total. The van der Waals surface area contributed by atoms with Crippen molar-refractivity contribution in [1.29, 1.82) is 0 Å². The summed E-state index contributed by atoms with van der Waals surface area (Å²) in [6.45, 7) is 11.5. The summed E-state index contributed by atoms with van der Waals surface area (Å²) < 4.78 is 74.9. The molecule has 0 radical (unpaired) electrons. The van der Waals surface area contributed by atoms with Crippen molar-refractivity contribution in [3.63, 3.8) is 0 Å². The van der Waals surface area contributed by atoms with Gasteiger partial charge in [-0.05, 0) is 37.1 Å². The van der Waals surface area contributed by atoms with Gasteiger partial charge < -0.3 is 76.6 Å². The predicted molar refractivity (Wildman–Crippen MR) is 294 cm³/mol. The number of nitrogens with zero attached hydrogens (tertiary/aromatic N) is 7. The van der Waals surface area contributed by atoms with Crippen molar-refractivity contribution >= 4 is 57.0 Å². The molecule has 8 rings (SSSR count). The Morgan fingerprint density at radius 2 is 1.10 bits per heavy atom. The predicted octanol–water partition coefficient (Wildman–Crippen LogP) is 2.68. The summed E-state index contributed by atoms with van der Waals surface area (Å²) in [4.78, 5) is 74.4. The molecule has 456 valence electrons. The molecule has 28 heteroatoms. The van der Waals surface area contributed by atoms with Crippen molar-refractivity contribution in [3.05, 3.63) is 59.7 Å². The highest BCUT2D eigenvalue weighted by molar-refractivity contribution is 7.20. The number of rotatable bonds is 43. The van der Waals surface area contributed by atoms with E-state index in [0.717, 1.165) is 21.5 Å². The molecule has 4 aliphatic heterocycles. The molecule has 4 aliphatic rings. The van der Waals surface area contributed by atoms with E-state index in [0.29, 0.717) is 194 Å². The third-order valence-corrected chi connectivity index (χ3v) is 14.4. The van der Waals surface area contributed by atoms with Crippen molar-refractivity contribution in [3.8, 4) is 11.3 Å². The van der Waals surface area contributed by atoms with Crippen LogP contribution in [0.2, 0.25) is 0 Å². The number of epoxide rings is 1. The third-order valence-electron chi connectivity index (χ3n) is 13.4. The van der Waals surface area contributed by atoms with Gasteiger partial charge in [-0.2, -0.15) is 0 Å². The van der Waals surface area contributed by atoms with E-state index in [-0.39, 0.29) is 56.7 Å².